The number of hydrogen-bond donors (Lipinski definition) is 2. The van der Waals surface area contributed by atoms with Crippen LogP contribution in [0.5, 0.6) is 0 Å². The predicted octanol–water partition coefficient (Wildman–Crippen LogP) is 1.16. The summed E-state index contributed by atoms with van der Waals surface area (Å²) in [4.78, 5) is 0. The fraction of sp³-hybridized carbons (Fsp3) is 1.00. The molecule has 1 rings (SSSR count). The summed E-state index contributed by atoms with van der Waals surface area (Å²) in [6.07, 6.45) is 5.35. The molecule has 0 bridgehead atoms. The van der Waals surface area contributed by atoms with E-state index >= 15 is 0 Å². The Bertz CT molecular complexity index is 151. The van der Waals surface area contributed by atoms with E-state index in [4.69, 9.17) is 9.84 Å². The van der Waals surface area contributed by atoms with Crippen LogP contribution in [0, 0.1) is 5.92 Å². The van der Waals surface area contributed by atoms with Crippen LogP contribution >= 0.6 is 0 Å². The molecule has 14 heavy (non-hydrogen) atoms. The SMILES string of the molecule is CNC(C)(CO)COCC1CCCC1. The van der Waals surface area contributed by atoms with Gasteiger partial charge in [-0.15, -0.1) is 0 Å². The van der Waals surface area contributed by atoms with Crippen molar-refractivity contribution in [1.82, 2.24) is 5.32 Å². The average molecular weight is 201 g/mol. The van der Waals surface area contributed by atoms with E-state index in [-0.39, 0.29) is 12.1 Å². The summed E-state index contributed by atoms with van der Waals surface area (Å²) in [6.45, 7) is 3.55. The molecule has 1 fully saturated rings. The standard InChI is InChI=1S/C11H23NO2/c1-11(8-13,12-2)9-14-7-10-5-3-4-6-10/h10,12-13H,3-9H2,1-2H3. The van der Waals surface area contributed by atoms with Gasteiger partial charge in [0.2, 0.25) is 0 Å². The Morgan fingerprint density at radius 2 is 2.07 bits per heavy atom. The van der Waals surface area contributed by atoms with E-state index in [1.807, 2.05) is 14.0 Å². The van der Waals surface area contributed by atoms with Crippen LogP contribution in [-0.4, -0.2) is 37.5 Å². The Balaban J connectivity index is 2.12. The third-order valence-electron chi connectivity index (χ3n) is 3.20. The largest absolute Gasteiger partial charge is 0.394 e. The quantitative estimate of drug-likeness (QED) is 0.677. The Labute approximate surface area is 86.8 Å². The van der Waals surface area contributed by atoms with Crippen molar-refractivity contribution in [2.75, 3.05) is 26.9 Å². The van der Waals surface area contributed by atoms with Crippen molar-refractivity contribution in [2.24, 2.45) is 5.92 Å². The van der Waals surface area contributed by atoms with Gasteiger partial charge in [0.15, 0.2) is 0 Å². The molecule has 0 saturated heterocycles. The minimum Gasteiger partial charge on any atom is -0.394 e. The number of aliphatic hydroxyl groups is 1. The second kappa shape index (κ2) is 5.69. The molecule has 3 heteroatoms. The lowest BCUT2D eigenvalue weighted by Gasteiger charge is -2.27. The van der Waals surface area contributed by atoms with Crippen LogP contribution in [0.2, 0.25) is 0 Å². The maximum absolute atomic E-state index is 9.13. The van der Waals surface area contributed by atoms with Gasteiger partial charge in [-0.1, -0.05) is 12.8 Å². The molecule has 3 nitrogen and oxygen atoms in total. The molecule has 1 atom stereocenters. The number of rotatable bonds is 6. The molecule has 1 unspecified atom stereocenters. The molecular weight excluding hydrogens is 178 g/mol. The van der Waals surface area contributed by atoms with Crippen molar-refractivity contribution in [3.8, 4) is 0 Å². The zero-order valence-corrected chi connectivity index (χ0v) is 9.38. The van der Waals surface area contributed by atoms with E-state index in [1.54, 1.807) is 0 Å². The van der Waals surface area contributed by atoms with Gasteiger partial charge in [-0.3, -0.25) is 0 Å². The number of ether oxygens (including phenoxy) is 1. The maximum Gasteiger partial charge on any atom is 0.0668 e. The Kier molecular flexibility index (Phi) is 4.85. The number of aliphatic hydroxyl groups excluding tert-OH is 1. The first-order valence-corrected chi connectivity index (χ1v) is 5.58. The fourth-order valence-corrected chi connectivity index (χ4v) is 1.82. The Morgan fingerprint density at radius 3 is 2.57 bits per heavy atom. The minimum atomic E-state index is -0.279. The molecule has 1 saturated carbocycles. The van der Waals surface area contributed by atoms with Crippen LogP contribution in [0.3, 0.4) is 0 Å². The molecule has 0 radical (unpaired) electrons. The fourth-order valence-electron chi connectivity index (χ4n) is 1.82. The number of likely N-dealkylation sites (N-methyl/N-ethyl adjacent to an activating group) is 1. The highest BCUT2D eigenvalue weighted by Crippen LogP contribution is 2.24. The minimum absolute atomic E-state index is 0.119. The normalized spacial score (nSPS) is 22.5. The second-order valence-electron chi connectivity index (χ2n) is 4.63. The molecule has 84 valence electrons. The molecule has 0 heterocycles. The number of hydrogen-bond acceptors (Lipinski definition) is 3. The van der Waals surface area contributed by atoms with Gasteiger partial charge < -0.3 is 15.2 Å². The van der Waals surface area contributed by atoms with E-state index < -0.39 is 0 Å². The zero-order chi connectivity index (χ0) is 10.4. The second-order valence-corrected chi connectivity index (χ2v) is 4.63. The molecular formula is C11H23NO2. The van der Waals surface area contributed by atoms with Crippen molar-refractivity contribution in [3.63, 3.8) is 0 Å². The van der Waals surface area contributed by atoms with Crippen molar-refractivity contribution >= 4 is 0 Å². The van der Waals surface area contributed by atoms with E-state index in [9.17, 15) is 0 Å². The number of nitrogens with one attached hydrogen (secondary N) is 1. The van der Waals surface area contributed by atoms with Gasteiger partial charge in [-0.05, 0) is 32.7 Å². The third kappa shape index (κ3) is 3.56. The molecule has 0 spiro atoms. The summed E-state index contributed by atoms with van der Waals surface area (Å²) >= 11 is 0. The summed E-state index contributed by atoms with van der Waals surface area (Å²) in [7, 11) is 1.86. The summed E-state index contributed by atoms with van der Waals surface area (Å²) in [5.74, 6) is 0.759. The lowest BCUT2D eigenvalue weighted by atomic mass is 10.1. The third-order valence-corrected chi connectivity index (χ3v) is 3.20. The van der Waals surface area contributed by atoms with Gasteiger partial charge in [0.05, 0.1) is 18.8 Å². The van der Waals surface area contributed by atoms with Crippen LogP contribution in [0.4, 0.5) is 0 Å². The van der Waals surface area contributed by atoms with Crippen LogP contribution < -0.4 is 5.32 Å². The summed E-state index contributed by atoms with van der Waals surface area (Å²) in [6, 6.07) is 0. The van der Waals surface area contributed by atoms with Crippen LogP contribution in [0.25, 0.3) is 0 Å². The molecule has 0 aromatic carbocycles. The summed E-state index contributed by atoms with van der Waals surface area (Å²) < 4.78 is 5.64. The van der Waals surface area contributed by atoms with Gasteiger partial charge in [0.25, 0.3) is 0 Å². The highest BCUT2D eigenvalue weighted by atomic mass is 16.5. The van der Waals surface area contributed by atoms with E-state index in [0.717, 1.165) is 12.5 Å². The molecule has 1 aliphatic carbocycles. The van der Waals surface area contributed by atoms with E-state index in [1.165, 1.54) is 25.7 Å². The predicted molar refractivity (Wildman–Crippen MR) is 57.3 cm³/mol. The van der Waals surface area contributed by atoms with Gasteiger partial charge in [0, 0.05) is 6.61 Å². The first-order chi connectivity index (χ1) is 6.70. The zero-order valence-electron chi connectivity index (χ0n) is 9.38. The van der Waals surface area contributed by atoms with Crippen molar-refractivity contribution in [1.29, 1.82) is 0 Å². The molecule has 0 aromatic rings. The highest BCUT2D eigenvalue weighted by Gasteiger charge is 2.22. The van der Waals surface area contributed by atoms with Crippen LogP contribution in [-0.2, 0) is 4.74 Å². The molecule has 0 aliphatic heterocycles. The molecule has 2 N–H and O–H groups in total. The lowest BCUT2D eigenvalue weighted by molar-refractivity contribution is 0.0319. The Hall–Kier alpha value is -0.120. The average Bonchev–Trinajstić information content (AvgIpc) is 2.70. The van der Waals surface area contributed by atoms with Crippen molar-refractivity contribution in [2.45, 2.75) is 38.1 Å². The molecule has 0 amide bonds. The highest BCUT2D eigenvalue weighted by molar-refractivity contribution is 4.80. The molecule has 1 aliphatic rings. The first-order valence-electron chi connectivity index (χ1n) is 5.58. The van der Waals surface area contributed by atoms with Gasteiger partial charge in [-0.25, -0.2) is 0 Å². The van der Waals surface area contributed by atoms with Gasteiger partial charge in [0.1, 0.15) is 0 Å². The topological polar surface area (TPSA) is 41.5 Å². The van der Waals surface area contributed by atoms with Crippen molar-refractivity contribution in [3.05, 3.63) is 0 Å². The van der Waals surface area contributed by atoms with Crippen molar-refractivity contribution < 1.29 is 9.84 Å². The van der Waals surface area contributed by atoms with Gasteiger partial charge >= 0.3 is 0 Å². The molecule has 0 aromatic heterocycles. The Morgan fingerprint density at radius 1 is 1.43 bits per heavy atom. The van der Waals surface area contributed by atoms with Crippen LogP contribution in [0.1, 0.15) is 32.6 Å². The monoisotopic (exact) mass is 201 g/mol. The summed E-state index contributed by atoms with van der Waals surface area (Å²) in [5, 5.41) is 12.2. The smallest absolute Gasteiger partial charge is 0.0668 e. The maximum atomic E-state index is 9.13. The van der Waals surface area contributed by atoms with Crippen LogP contribution in [0.15, 0.2) is 0 Å². The summed E-state index contributed by atoms with van der Waals surface area (Å²) in [5.41, 5.74) is -0.279. The first kappa shape index (κ1) is 12.0. The lowest BCUT2D eigenvalue weighted by Crippen LogP contribution is -2.47. The van der Waals surface area contributed by atoms with Gasteiger partial charge in [-0.2, -0.15) is 0 Å². The van der Waals surface area contributed by atoms with E-state index in [0.29, 0.717) is 6.61 Å². The van der Waals surface area contributed by atoms with E-state index in [2.05, 4.69) is 5.32 Å².